The molecule has 2 aromatic rings. The molecule has 138 valence electrons. The highest BCUT2D eigenvalue weighted by molar-refractivity contribution is 7.99. The molecule has 0 radical (unpaired) electrons. The Labute approximate surface area is 157 Å². The predicted octanol–water partition coefficient (Wildman–Crippen LogP) is 2.52. The van der Waals surface area contributed by atoms with Crippen LogP contribution in [-0.2, 0) is 14.8 Å². The van der Waals surface area contributed by atoms with Crippen molar-refractivity contribution in [3.8, 4) is 0 Å². The first-order valence-electron chi connectivity index (χ1n) is 8.32. The van der Waals surface area contributed by atoms with E-state index < -0.39 is 10.0 Å². The number of amides is 1. The molecular formula is C18H21N3O3S2. The fourth-order valence-electron chi connectivity index (χ4n) is 2.66. The van der Waals surface area contributed by atoms with Crippen LogP contribution < -0.4 is 15.4 Å². The molecule has 1 saturated heterocycles. The van der Waals surface area contributed by atoms with E-state index in [1.807, 2.05) is 11.8 Å². The molecule has 26 heavy (non-hydrogen) atoms. The van der Waals surface area contributed by atoms with Gasteiger partial charge >= 0.3 is 0 Å². The zero-order valence-corrected chi connectivity index (χ0v) is 15.8. The first-order valence-corrected chi connectivity index (χ1v) is 11.0. The van der Waals surface area contributed by atoms with Crippen LogP contribution in [0.3, 0.4) is 0 Å². The summed E-state index contributed by atoms with van der Waals surface area (Å²) in [6.45, 7) is 0.916. The summed E-state index contributed by atoms with van der Waals surface area (Å²) in [6.07, 6.45) is 0.396. The lowest BCUT2D eigenvalue weighted by atomic mass is 10.2. The van der Waals surface area contributed by atoms with Gasteiger partial charge in [-0.2, -0.15) is 11.8 Å². The van der Waals surface area contributed by atoms with Gasteiger partial charge in [-0.15, -0.1) is 0 Å². The van der Waals surface area contributed by atoms with Gasteiger partial charge in [-0.1, -0.05) is 24.3 Å². The monoisotopic (exact) mass is 391 g/mol. The summed E-state index contributed by atoms with van der Waals surface area (Å²) in [4.78, 5) is 12.4. The van der Waals surface area contributed by atoms with E-state index in [1.165, 1.54) is 12.1 Å². The third-order valence-electron chi connectivity index (χ3n) is 3.88. The highest BCUT2D eigenvalue weighted by Gasteiger charge is 2.17. The third kappa shape index (κ3) is 5.23. The number of anilines is 2. The van der Waals surface area contributed by atoms with Crippen molar-refractivity contribution in [2.75, 3.05) is 28.1 Å². The average molecular weight is 392 g/mol. The number of rotatable bonds is 6. The number of thioether (sulfide) groups is 1. The quantitative estimate of drug-likeness (QED) is 0.704. The molecule has 0 spiro atoms. The molecular weight excluding hydrogens is 370 g/mol. The molecule has 0 aromatic heterocycles. The molecule has 0 saturated carbocycles. The normalized spacial score (nSPS) is 17.5. The van der Waals surface area contributed by atoms with E-state index in [0.717, 1.165) is 18.1 Å². The topological polar surface area (TPSA) is 87.3 Å². The average Bonchev–Trinajstić information content (AvgIpc) is 2.63. The van der Waals surface area contributed by atoms with Gasteiger partial charge in [0.2, 0.25) is 5.91 Å². The van der Waals surface area contributed by atoms with Gasteiger partial charge in [0.15, 0.2) is 0 Å². The Morgan fingerprint density at radius 2 is 1.88 bits per heavy atom. The highest BCUT2D eigenvalue weighted by Crippen LogP contribution is 2.20. The Bertz CT molecular complexity index is 851. The van der Waals surface area contributed by atoms with Gasteiger partial charge in [-0.05, 0) is 30.3 Å². The number of benzene rings is 2. The standard InChI is InChI=1S/C18H21N3O3S2/c22-18(12-16-13-25-10-9-19-16)20-14-5-4-6-15(11-14)21-26(23,24)17-7-2-1-3-8-17/h1-8,11,16,19,21H,9-10,12-13H2,(H,20,22). The maximum absolute atomic E-state index is 12.4. The third-order valence-corrected chi connectivity index (χ3v) is 6.41. The van der Waals surface area contributed by atoms with E-state index in [-0.39, 0.29) is 16.8 Å². The number of carbonyl (C=O) groups excluding carboxylic acids is 1. The number of carbonyl (C=O) groups is 1. The molecule has 0 aliphatic carbocycles. The van der Waals surface area contributed by atoms with Crippen molar-refractivity contribution in [2.45, 2.75) is 17.4 Å². The molecule has 3 N–H and O–H groups in total. The molecule has 1 unspecified atom stereocenters. The number of sulfonamides is 1. The first kappa shape index (κ1) is 18.8. The SMILES string of the molecule is O=C(CC1CSCCN1)Nc1cccc(NS(=O)(=O)c2ccccc2)c1. The lowest BCUT2D eigenvalue weighted by Crippen LogP contribution is -2.39. The molecule has 1 amide bonds. The van der Waals surface area contributed by atoms with Crippen molar-refractivity contribution in [3.05, 3.63) is 54.6 Å². The van der Waals surface area contributed by atoms with Gasteiger partial charge in [-0.3, -0.25) is 9.52 Å². The van der Waals surface area contributed by atoms with E-state index in [1.54, 1.807) is 42.5 Å². The molecule has 3 rings (SSSR count). The number of nitrogens with one attached hydrogen (secondary N) is 3. The molecule has 6 nitrogen and oxygen atoms in total. The van der Waals surface area contributed by atoms with Gasteiger partial charge < -0.3 is 10.6 Å². The van der Waals surface area contributed by atoms with Crippen LogP contribution in [-0.4, -0.2) is 38.4 Å². The summed E-state index contributed by atoms with van der Waals surface area (Å²) in [5, 5.41) is 6.16. The van der Waals surface area contributed by atoms with Crippen molar-refractivity contribution < 1.29 is 13.2 Å². The zero-order valence-electron chi connectivity index (χ0n) is 14.1. The zero-order chi connectivity index (χ0) is 18.4. The molecule has 1 fully saturated rings. The van der Waals surface area contributed by atoms with Gasteiger partial charge in [0.25, 0.3) is 10.0 Å². The summed E-state index contributed by atoms with van der Waals surface area (Å²) in [7, 11) is -3.66. The molecule has 8 heteroatoms. The molecule has 1 aliphatic heterocycles. The summed E-state index contributed by atoms with van der Waals surface area (Å²) in [5.74, 6) is 1.90. The van der Waals surface area contributed by atoms with Gasteiger partial charge in [-0.25, -0.2) is 8.42 Å². The maximum atomic E-state index is 12.4. The van der Waals surface area contributed by atoms with Crippen molar-refractivity contribution in [2.24, 2.45) is 0 Å². The summed E-state index contributed by atoms with van der Waals surface area (Å²) < 4.78 is 27.3. The lowest BCUT2D eigenvalue weighted by Gasteiger charge is -2.22. The number of hydrogen-bond acceptors (Lipinski definition) is 5. The Kier molecular flexibility index (Phi) is 6.18. The Morgan fingerprint density at radius 3 is 2.62 bits per heavy atom. The van der Waals surface area contributed by atoms with Crippen molar-refractivity contribution in [1.82, 2.24) is 5.32 Å². The van der Waals surface area contributed by atoms with Gasteiger partial charge in [0, 0.05) is 36.2 Å². The second-order valence-electron chi connectivity index (χ2n) is 5.98. The maximum Gasteiger partial charge on any atom is 0.261 e. The van der Waals surface area contributed by atoms with Crippen LogP contribution in [0.15, 0.2) is 59.5 Å². The van der Waals surface area contributed by atoms with Crippen LogP contribution >= 0.6 is 11.8 Å². The summed E-state index contributed by atoms with van der Waals surface area (Å²) >= 11 is 1.84. The van der Waals surface area contributed by atoms with Crippen LogP contribution in [0.4, 0.5) is 11.4 Å². The molecule has 1 aliphatic rings. The largest absolute Gasteiger partial charge is 0.326 e. The molecule has 2 aromatic carbocycles. The van der Waals surface area contributed by atoms with E-state index in [2.05, 4.69) is 15.4 Å². The smallest absolute Gasteiger partial charge is 0.261 e. The highest BCUT2D eigenvalue weighted by atomic mass is 32.2. The van der Waals surface area contributed by atoms with Gasteiger partial charge in [0.1, 0.15) is 0 Å². The van der Waals surface area contributed by atoms with Crippen molar-refractivity contribution in [1.29, 1.82) is 0 Å². The van der Waals surface area contributed by atoms with Crippen LogP contribution in [0.2, 0.25) is 0 Å². The Hall–Kier alpha value is -2.03. The predicted molar refractivity (Wildman–Crippen MR) is 106 cm³/mol. The Balaban J connectivity index is 1.63. The van der Waals surface area contributed by atoms with E-state index in [9.17, 15) is 13.2 Å². The van der Waals surface area contributed by atoms with Crippen molar-refractivity contribution >= 4 is 39.1 Å². The fraction of sp³-hybridized carbons (Fsp3) is 0.278. The fourth-order valence-corrected chi connectivity index (χ4v) is 4.68. The van der Waals surface area contributed by atoms with Crippen LogP contribution in [0.1, 0.15) is 6.42 Å². The minimum Gasteiger partial charge on any atom is -0.326 e. The van der Waals surface area contributed by atoms with E-state index in [4.69, 9.17) is 0 Å². The van der Waals surface area contributed by atoms with Crippen LogP contribution in [0.5, 0.6) is 0 Å². The van der Waals surface area contributed by atoms with Crippen molar-refractivity contribution in [3.63, 3.8) is 0 Å². The molecule has 1 atom stereocenters. The second kappa shape index (κ2) is 8.57. The van der Waals surface area contributed by atoms with Gasteiger partial charge in [0.05, 0.1) is 10.6 Å². The first-order chi connectivity index (χ1) is 12.5. The van der Waals surface area contributed by atoms with E-state index >= 15 is 0 Å². The minimum absolute atomic E-state index is 0.0898. The van der Waals surface area contributed by atoms with Crippen LogP contribution in [0.25, 0.3) is 0 Å². The number of hydrogen-bond donors (Lipinski definition) is 3. The molecule has 0 bridgehead atoms. The minimum atomic E-state index is -3.66. The summed E-state index contributed by atoms with van der Waals surface area (Å²) in [5.41, 5.74) is 0.963. The second-order valence-corrected chi connectivity index (χ2v) is 8.81. The molecule has 1 heterocycles. The Morgan fingerprint density at radius 1 is 1.12 bits per heavy atom. The summed E-state index contributed by atoms with van der Waals surface area (Å²) in [6, 6.07) is 15.0. The van der Waals surface area contributed by atoms with E-state index in [0.29, 0.717) is 17.8 Å². The van der Waals surface area contributed by atoms with Crippen LogP contribution in [0, 0.1) is 0 Å². The lowest BCUT2D eigenvalue weighted by molar-refractivity contribution is -0.116.